The van der Waals surface area contributed by atoms with Gasteiger partial charge in [-0.1, -0.05) is 44.5 Å². The van der Waals surface area contributed by atoms with E-state index in [0.717, 1.165) is 6.54 Å². The molecule has 1 nitrogen and oxygen atoms in total. The molecule has 0 radical (unpaired) electrons. The Morgan fingerprint density at radius 1 is 1.18 bits per heavy atom. The normalized spacial score (nSPS) is 13.8. The second kappa shape index (κ2) is 5.68. The number of hydrogen-bond donors (Lipinski definition) is 1. The van der Waals surface area contributed by atoms with Crippen LogP contribution in [0.15, 0.2) is 18.2 Å². The van der Waals surface area contributed by atoms with Crippen LogP contribution in [0.2, 0.25) is 0 Å². The van der Waals surface area contributed by atoms with Crippen LogP contribution in [0.1, 0.15) is 56.8 Å². The van der Waals surface area contributed by atoms with Crippen molar-refractivity contribution in [2.45, 2.75) is 54.0 Å². The largest absolute Gasteiger partial charge is 0.310 e. The lowest BCUT2D eigenvalue weighted by Crippen LogP contribution is -2.24. The summed E-state index contributed by atoms with van der Waals surface area (Å²) in [6.07, 6.45) is 1.21. The van der Waals surface area contributed by atoms with Crippen LogP contribution < -0.4 is 5.32 Å². The van der Waals surface area contributed by atoms with E-state index in [4.69, 9.17) is 0 Å². The van der Waals surface area contributed by atoms with Crippen molar-refractivity contribution in [3.8, 4) is 0 Å². The maximum absolute atomic E-state index is 3.62. The average Bonchev–Trinajstić information content (AvgIpc) is 2.19. The number of benzene rings is 1. The highest BCUT2D eigenvalue weighted by Gasteiger charge is 2.12. The van der Waals surface area contributed by atoms with Gasteiger partial charge in [0.15, 0.2) is 0 Å². The van der Waals surface area contributed by atoms with Crippen LogP contribution in [-0.2, 0) is 0 Å². The highest BCUT2D eigenvalue weighted by Crippen LogP contribution is 2.21. The summed E-state index contributed by atoms with van der Waals surface area (Å²) in [6.45, 7) is 14.6. The molecule has 0 aliphatic rings. The third kappa shape index (κ3) is 4.91. The molecule has 96 valence electrons. The van der Waals surface area contributed by atoms with Gasteiger partial charge in [0, 0.05) is 6.04 Å². The van der Waals surface area contributed by atoms with Gasteiger partial charge in [-0.05, 0) is 50.3 Å². The van der Waals surface area contributed by atoms with Crippen molar-refractivity contribution < 1.29 is 0 Å². The number of rotatable bonds is 4. The van der Waals surface area contributed by atoms with Crippen molar-refractivity contribution in [1.29, 1.82) is 0 Å². The lowest BCUT2D eigenvalue weighted by molar-refractivity contribution is 0.358. The maximum Gasteiger partial charge on any atom is 0.0294 e. The molecule has 1 aromatic carbocycles. The summed E-state index contributed by atoms with van der Waals surface area (Å²) in [5.41, 5.74) is 4.56. The van der Waals surface area contributed by atoms with Gasteiger partial charge in [-0.15, -0.1) is 0 Å². The van der Waals surface area contributed by atoms with Crippen LogP contribution in [0.5, 0.6) is 0 Å². The minimum Gasteiger partial charge on any atom is -0.310 e. The van der Waals surface area contributed by atoms with E-state index in [-0.39, 0.29) is 0 Å². The fourth-order valence-corrected chi connectivity index (χ4v) is 2.00. The first-order valence-corrected chi connectivity index (χ1v) is 6.60. The lowest BCUT2D eigenvalue weighted by Gasteiger charge is -2.22. The molecule has 1 atom stereocenters. The van der Waals surface area contributed by atoms with Gasteiger partial charge in [0.25, 0.3) is 0 Å². The van der Waals surface area contributed by atoms with Gasteiger partial charge >= 0.3 is 0 Å². The maximum atomic E-state index is 3.62. The third-order valence-corrected chi connectivity index (χ3v) is 3.23. The zero-order valence-electron chi connectivity index (χ0n) is 12.2. The highest BCUT2D eigenvalue weighted by molar-refractivity contribution is 5.32. The molecule has 0 bridgehead atoms. The molecule has 0 saturated heterocycles. The van der Waals surface area contributed by atoms with Crippen molar-refractivity contribution in [3.63, 3.8) is 0 Å². The molecule has 1 rings (SSSR count). The van der Waals surface area contributed by atoms with Crippen molar-refractivity contribution >= 4 is 0 Å². The molecule has 0 spiro atoms. The number of aryl methyl sites for hydroxylation is 2. The molecule has 0 saturated carbocycles. The molecule has 0 heterocycles. The molecule has 1 unspecified atom stereocenters. The van der Waals surface area contributed by atoms with Gasteiger partial charge < -0.3 is 5.32 Å². The molecule has 1 aromatic rings. The Morgan fingerprint density at radius 3 is 2.41 bits per heavy atom. The quantitative estimate of drug-likeness (QED) is 0.813. The van der Waals surface area contributed by atoms with Crippen LogP contribution in [-0.4, -0.2) is 6.54 Å². The number of hydrogen-bond acceptors (Lipinski definition) is 1. The van der Waals surface area contributed by atoms with Crippen LogP contribution >= 0.6 is 0 Å². The summed E-state index contributed by atoms with van der Waals surface area (Å²) in [5.74, 6) is 0. The first-order valence-electron chi connectivity index (χ1n) is 6.60. The molecule has 0 aromatic heterocycles. The van der Waals surface area contributed by atoms with Gasteiger partial charge in [0.05, 0.1) is 0 Å². The third-order valence-electron chi connectivity index (χ3n) is 3.23. The van der Waals surface area contributed by atoms with Crippen LogP contribution in [0, 0.1) is 19.3 Å². The van der Waals surface area contributed by atoms with Crippen molar-refractivity contribution in [1.82, 2.24) is 5.32 Å². The van der Waals surface area contributed by atoms with E-state index in [1.165, 1.54) is 23.1 Å². The molecular formula is C16H27N. The summed E-state index contributed by atoms with van der Waals surface area (Å²) in [7, 11) is 0. The summed E-state index contributed by atoms with van der Waals surface area (Å²) >= 11 is 0. The molecule has 0 fully saturated rings. The van der Waals surface area contributed by atoms with Gasteiger partial charge in [0.2, 0.25) is 0 Å². The molecule has 0 amide bonds. The fourth-order valence-electron chi connectivity index (χ4n) is 2.00. The van der Waals surface area contributed by atoms with Crippen molar-refractivity contribution in [2.24, 2.45) is 5.41 Å². The molecular weight excluding hydrogens is 206 g/mol. The second-order valence-electron chi connectivity index (χ2n) is 6.35. The number of nitrogens with one attached hydrogen (secondary N) is 1. The summed E-state index contributed by atoms with van der Waals surface area (Å²) in [5, 5.41) is 3.62. The summed E-state index contributed by atoms with van der Waals surface area (Å²) in [4.78, 5) is 0. The van der Waals surface area contributed by atoms with Crippen molar-refractivity contribution in [3.05, 3.63) is 34.9 Å². The predicted octanol–water partition coefficient (Wildman–Crippen LogP) is 4.39. The van der Waals surface area contributed by atoms with E-state index in [9.17, 15) is 0 Å². The van der Waals surface area contributed by atoms with Gasteiger partial charge in [-0.25, -0.2) is 0 Å². The zero-order valence-corrected chi connectivity index (χ0v) is 12.2. The van der Waals surface area contributed by atoms with Gasteiger partial charge in [0.1, 0.15) is 0 Å². The van der Waals surface area contributed by atoms with E-state index in [0.29, 0.717) is 11.5 Å². The van der Waals surface area contributed by atoms with Gasteiger partial charge in [-0.3, -0.25) is 0 Å². The first-order chi connectivity index (χ1) is 7.79. The lowest BCUT2D eigenvalue weighted by atomic mass is 9.92. The Labute approximate surface area is 107 Å². The molecule has 0 aliphatic carbocycles. The minimum absolute atomic E-state index is 0.411. The van der Waals surface area contributed by atoms with Crippen molar-refractivity contribution in [2.75, 3.05) is 6.54 Å². The Kier molecular flexibility index (Phi) is 4.76. The van der Waals surface area contributed by atoms with Crippen LogP contribution in [0.4, 0.5) is 0 Å². The predicted molar refractivity (Wildman–Crippen MR) is 76.4 cm³/mol. The molecule has 0 aliphatic heterocycles. The fraction of sp³-hybridized carbons (Fsp3) is 0.625. The molecule has 1 heteroatoms. The van der Waals surface area contributed by atoms with Crippen LogP contribution in [0.3, 0.4) is 0 Å². The molecule has 1 N–H and O–H groups in total. The van der Waals surface area contributed by atoms with Gasteiger partial charge in [-0.2, -0.15) is 0 Å². The second-order valence-corrected chi connectivity index (χ2v) is 6.35. The molecule has 17 heavy (non-hydrogen) atoms. The zero-order chi connectivity index (χ0) is 13.1. The van der Waals surface area contributed by atoms with Crippen LogP contribution in [0.25, 0.3) is 0 Å². The van der Waals surface area contributed by atoms with E-state index in [2.05, 4.69) is 65.1 Å². The summed E-state index contributed by atoms with van der Waals surface area (Å²) < 4.78 is 0. The topological polar surface area (TPSA) is 12.0 Å². The Bertz CT molecular complexity index is 360. The Hall–Kier alpha value is -0.820. The SMILES string of the molecule is Cc1ccc(C)c(C(C)NCCC(C)(C)C)c1. The minimum atomic E-state index is 0.411. The highest BCUT2D eigenvalue weighted by atomic mass is 14.9. The average molecular weight is 233 g/mol. The Balaban J connectivity index is 2.58. The Morgan fingerprint density at radius 2 is 1.82 bits per heavy atom. The standard InChI is InChI=1S/C16H27N/c1-12-7-8-13(2)15(11-12)14(3)17-10-9-16(4,5)6/h7-8,11,14,17H,9-10H2,1-6H3. The monoisotopic (exact) mass is 233 g/mol. The smallest absolute Gasteiger partial charge is 0.0294 e. The van der Waals surface area contributed by atoms with E-state index < -0.39 is 0 Å². The summed E-state index contributed by atoms with van der Waals surface area (Å²) in [6, 6.07) is 7.13. The van der Waals surface area contributed by atoms with E-state index >= 15 is 0 Å². The van der Waals surface area contributed by atoms with E-state index in [1.807, 2.05) is 0 Å². The van der Waals surface area contributed by atoms with E-state index in [1.54, 1.807) is 0 Å². The first kappa shape index (κ1) is 14.2.